The Morgan fingerprint density at radius 1 is 1.55 bits per heavy atom. The van der Waals surface area contributed by atoms with Crippen LogP contribution in [0.2, 0.25) is 0 Å². The molecule has 11 heavy (non-hydrogen) atoms. The topological polar surface area (TPSA) is 63.3 Å². The van der Waals surface area contributed by atoms with Crippen LogP contribution in [0, 0.1) is 11.3 Å². The van der Waals surface area contributed by atoms with Crippen LogP contribution < -0.4 is 5.73 Å². The molecule has 0 spiro atoms. The van der Waals surface area contributed by atoms with Crippen molar-refractivity contribution in [2.75, 3.05) is 6.61 Å². The highest BCUT2D eigenvalue weighted by Gasteiger charge is 2.21. The summed E-state index contributed by atoms with van der Waals surface area (Å²) in [5.74, 6) is -0.808. The van der Waals surface area contributed by atoms with Crippen LogP contribution in [-0.4, -0.2) is 17.6 Å². The zero-order valence-electron chi connectivity index (χ0n) is 7.42. The number of hydrogen-bond donors (Lipinski definition) is 2. The van der Waals surface area contributed by atoms with Crippen LogP contribution in [0.1, 0.15) is 27.2 Å². The van der Waals surface area contributed by atoms with E-state index in [-0.39, 0.29) is 12.0 Å². The van der Waals surface area contributed by atoms with Crippen molar-refractivity contribution in [3.05, 3.63) is 0 Å². The van der Waals surface area contributed by atoms with Crippen molar-refractivity contribution in [3.8, 4) is 0 Å². The highest BCUT2D eigenvalue weighted by molar-refractivity contribution is 5.76. The molecule has 1 amide bonds. The summed E-state index contributed by atoms with van der Waals surface area (Å²) >= 11 is 0. The van der Waals surface area contributed by atoms with Gasteiger partial charge in [-0.2, -0.15) is 0 Å². The number of carbonyl (C=O) groups is 1. The first-order valence-corrected chi connectivity index (χ1v) is 3.77. The summed E-state index contributed by atoms with van der Waals surface area (Å²) in [6, 6.07) is 0. The minimum absolute atomic E-state index is 0.0441. The fraction of sp³-hybridized carbons (Fsp3) is 0.875. The normalized spacial score (nSPS) is 14.5. The van der Waals surface area contributed by atoms with Gasteiger partial charge < -0.3 is 10.8 Å². The minimum atomic E-state index is -0.414. The van der Waals surface area contributed by atoms with Crippen LogP contribution in [0.25, 0.3) is 0 Å². The average molecular weight is 159 g/mol. The third-order valence-electron chi connectivity index (χ3n) is 1.48. The Hall–Kier alpha value is -0.570. The molecule has 0 saturated heterocycles. The van der Waals surface area contributed by atoms with Gasteiger partial charge in [0.15, 0.2) is 0 Å². The summed E-state index contributed by atoms with van der Waals surface area (Å²) in [6.45, 7) is 5.89. The Bertz CT molecular complexity index is 138. The molecule has 0 bridgehead atoms. The van der Waals surface area contributed by atoms with E-state index in [0.29, 0.717) is 6.42 Å². The maximum Gasteiger partial charge on any atom is 0.222 e. The van der Waals surface area contributed by atoms with Crippen molar-refractivity contribution in [2.24, 2.45) is 17.1 Å². The molecule has 3 nitrogen and oxygen atoms in total. The van der Waals surface area contributed by atoms with E-state index in [2.05, 4.69) is 0 Å². The standard InChI is InChI=1S/C8H17NO2/c1-8(2,3)4-6(5-10)7(9)11/h6,10H,4-5H2,1-3H3,(H2,9,11). The Morgan fingerprint density at radius 3 is 2.09 bits per heavy atom. The van der Waals surface area contributed by atoms with E-state index in [4.69, 9.17) is 10.8 Å². The lowest BCUT2D eigenvalue weighted by molar-refractivity contribution is -0.124. The fourth-order valence-corrected chi connectivity index (χ4v) is 0.994. The second-order valence-electron chi connectivity index (χ2n) is 4.05. The Morgan fingerprint density at radius 2 is 2.00 bits per heavy atom. The largest absolute Gasteiger partial charge is 0.396 e. The Kier molecular flexibility index (Phi) is 3.52. The number of rotatable bonds is 3. The van der Waals surface area contributed by atoms with Crippen molar-refractivity contribution in [1.29, 1.82) is 0 Å². The van der Waals surface area contributed by atoms with Gasteiger partial charge in [0.25, 0.3) is 0 Å². The molecule has 3 heteroatoms. The minimum Gasteiger partial charge on any atom is -0.396 e. The maximum atomic E-state index is 10.7. The number of nitrogens with two attached hydrogens (primary N) is 1. The predicted octanol–water partition coefficient (Wildman–Crippen LogP) is 0.516. The van der Waals surface area contributed by atoms with Gasteiger partial charge in [0, 0.05) is 0 Å². The van der Waals surface area contributed by atoms with Gasteiger partial charge in [0.05, 0.1) is 12.5 Å². The van der Waals surface area contributed by atoms with Gasteiger partial charge in [-0.3, -0.25) is 4.79 Å². The van der Waals surface area contributed by atoms with E-state index < -0.39 is 11.8 Å². The summed E-state index contributed by atoms with van der Waals surface area (Å²) in [7, 11) is 0. The fourth-order valence-electron chi connectivity index (χ4n) is 0.994. The van der Waals surface area contributed by atoms with Crippen LogP contribution >= 0.6 is 0 Å². The molecule has 0 saturated carbocycles. The van der Waals surface area contributed by atoms with Crippen molar-refractivity contribution >= 4 is 5.91 Å². The van der Waals surface area contributed by atoms with Gasteiger partial charge in [0.1, 0.15) is 0 Å². The van der Waals surface area contributed by atoms with E-state index in [1.807, 2.05) is 20.8 Å². The lowest BCUT2D eigenvalue weighted by atomic mass is 9.85. The van der Waals surface area contributed by atoms with Gasteiger partial charge >= 0.3 is 0 Å². The number of carbonyl (C=O) groups excluding carboxylic acids is 1. The second kappa shape index (κ2) is 3.72. The molecule has 1 unspecified atom stereocenters. The van der Waals surface area contributed by atoms with Gasteiger partial charge in [-0.05, 0) is 11.8 Å². The third kappa shape index (κ3) is 4.79. The number of aliphatic hydroxyl groups excluding tert-OH is 1. The quantitative estimate of drug-likeness (QED) is 0.630. The Labute approximate surface area is 67.6 Å². The van der Waals surface area contributed by atoms with E-state index in [1.54, 1.807) is 0 Å². The molecule has 0 aromatic rings. The highest BCUT2D eigenvalue weighted by Crippen LogP contribution is 2.23. The zero-order valence-corrected chi connectivity index (χ0v) is 7.42. The molecule has 0 aromatic carbocycles. The summed E-state index contributed by atoms with van der Waals surface area (Å²) in [5, 5.41) is 8.76. The van der Waals surface area contributed by atoms with Crippen LogP contribution in [0.3, 0.4) is 0 Å². The Balaban J connectivity index is 3.99. The van der Waals surface area contributed by atoms with E-state index in [9.17, 15) is 4.79 Å². The second-order valence-corrected chi connectivity index (χ2v) is 4.05. The van der Waals surface area contributed by atoms with E-state index in [1.165, 1.54) is 0 Å². The van der Waals surface area contributed by atoms with Gasteiger partial charge in [0.2, 0.25) is 5.91 Å². The van der Waals surface area contributed by atoms with Gasteiger partial charge in [-0.15, -0.1) is 0 Å². The number of primary amides is 1. The molecule has 0 fully saturated rings. The molecular weight excluding hydrogens is 142 g/mol. The molecule has 66 valence electrons. The first kappa shape index (κ1) is 10.4. The lowest BCUT2D eigenvalue weighted by Crippen LogP contribution is -2.29. The van der Waals surface area contributed by atoms with Crippen molar-refractivity contribution in [2.45, 2.75) is 27.2 Å². The first-order valence-electron chi connectivity index (χ1n) is 3.77. The van der Waals surface area contributed by atoms with Gasteiger partial charge in [-0.25, -0.2) is 0 Å². The smallest absolute Gasteiger partial charge is 0.222 e. The zero-order chi connectivity index (χ0) is 9.07. The average Bonchev–Trinajstić information content (AvgIpc) is 1.80. The van der Waals surface area contributed by atoms with Crippen LogP contribution in [0.15, 0.2) is 0 Å². The summed E-state index contributed by atoms with van der Waals surface area (Å²) < 4.78 is 0. The van der Waals surface area contributed by atoms with E-state index in [0.717, 1.165) is 0 Å². The van der Waals surface area contributed by atoms with Crippen LogP contribution in [-0.2, 0) is 4.79 Å². The molecule has 0 rings (SSSR count). The maximum absolute atomic E-state index is 10.7. The van der Waals surface area contributed by atoms with Crippen molar-refractivity contribution in [1.82, 2.24) is 0 Å². The molecule has 0 aliphatic carbocycles. The molecule has 3 N–H and O–H groups in total. The SMILES string of the molecule is CC(C)(C)CC(CO)C(N)=O. The molecule has 0 radical (unpaired) electrons. The lowest BCUT2D eigenvalue weighted by Gasteiger charge is -2.22. The third-order valence-corrected chi connectivity index (χ3v) is 1.48. The summed E-state index contributed by atoms with van der Waals surface area (Å²) in [4.78, 5) is 10.7. The monoisotopic (exact) mass is 159 g/mol. The molecule has 0 aliphatic rings. The number of aliphatic hydroxyl groups is 1. The highest BCUT2D eigenvalue weighted by atomic mass is 16.3. The predicted molar refractivity (Wildman–Crippen MR) is 43.8 cm³/mol. The van der Waals surface area contributed by atoms with Crippen LogP contribution in [0.5, 0.6) is 0 Å². The van der Waals surface area contributed by atoms with Crippen LogP contribution in [0.4, 0.5) is 0 Å². The molecule has 1 atom stereocenters. The summed E-state index contributed by atoms with van der Waals surface area (Å²) in [6.07, 6.45) is 0.638. The number of hydrogen-bond acceptors (Lipinski definition) is 2. The molecule has 0 aromatic heterocycles. The van der Waals surface area contributed by atoms with Crippen molar-refractivity contribution < 1.29 is 9.90 Å². The summed E-state index contributed by atoms with van der Waals surface area (Å²) in [5.41, 5.74) is 5.10. The molecule has 0 aliphatic heterocycles. The van der Waals surface area contributed by atoms with E-state index >= 15 is 0 Å². The first-order chi connectivity index (χ1) is 4.87. The number of amides is 1. The molecule has 0 heterocycles. The molecular formula is C8H17NO2. The van der Waals surface area contributed by atoms with Gasteiger partial charge in [-0.1, -0.05) is 20.8 Å². The van der Waals surface area contributed by atoms with Crippen molar-refractivity contribution in [3.63, 3.8) is 0 Å².